The number of amides is 1. The van der Waals surface area contributed by atoms with Crippen molar-refractivity contribution < 1.29 is 4.79 Å². The molecule has 0 bridgehead atoms. The summed E-state index contributed by atoms with van der Waals surface area (Å²) in [4.78, 5) is 17.7. The fourth-order valence-electron chi connectivity index (χ4n) is 4.08. The molecule has 1 amide bonds. The highest BCUT2D eigenvalue weighted by atomic mass is 35.5. The van der Waals surface area contributed by atoms with Crippen molar-refractivity contribution in [3.05, 3.63) is 35.4 Å². The number of hydrogen-bond acceptors (Lipinski definition) is 3. The van der Waals surface area contributed by atoms with Gasteiger partial charge in [-0.15, -0.1) is 24.8 Å². The number of benzene rings is 1. The molecule has 1 saturated heterocycles. The molecule has 26 heavy (non-hydrogen) atoms. The molecule has 1 aromatic carbocycles. The van der Waals surface area contributed by atoms with Crippen LogP contribution in [-0.4, -0.2) is 54.0 Å². The lowest BCUT2D eigenvalue weighted by Gasteiger charge is -2.40. The minimum Gasteiger partial charge on any atom is -0.338 e. The molecule has 1 N–H and O–H groups in total. The van der Waals surface area contributed by atoms with Gasteiger partial charge in [0.15, 0.2) is 0 Å². The van der Waals surface area contributed by atoms with Crippen LogP contribution in [0, 0.1) is 0 Å². The number of piperidine rings is 1. The molecule has 1 aromatic rings. The van der Waals surface area contributed by atoms with Crippen molar-refractivity contribution in [1.82, 2.24) is 15.1 Å². The monoisotopic (exact) mass is 401 g/mol. The number of nitrogens with zero attached hydrogens (tertiary/aromatic N) is 2. The first-order valence-electron chi connectivity index (χ1n) is 9.52. The lowest BCUT2D eigenvalue weighted by molar-refractivity contribution is -0.139. The molecule has 1 unspecified atom stereocenters. The lowest BCUT2D eigenvalue weighted by atomic mass is 9.98. The zero-order chi connectivity index (χ0) is 16.9. The van der Waals surface area contributed by atoms with E-state index in [1.165, 1.54) is 11.1 Å². The Morgan fingerprint density at radius 2 is 1.88 bits per heavy atom. The van der Waals surface area contributed by atoms with Crippen LogP contribution in [-0.2, 0) is 17.8 Å². The maximum absolute atomic E-state index is 13.2. The number of carbonyl (C=O) groups is 1. The third kappa shape index (κ3) is 5.35. The quantitative estimate of drug-likeness (QED) is 0.821. The molecule has 0 aromatic heterocycles. The van der Waals surface area contributed by atoms with Crippen molar-refractivity contribution in [2.45, 2.75) is 58.2 Å². The number of rotatable bonds is 5. The highest BCUT2D eigenvalue weighted by Crippen LogP contribution is 2.22. The molecular weight excluding hydrogens is 369 g/mol. The summed E-state index contributed by atoms with van der Waals surface area (Å²) in [5.41, 5.74) is 2.82. The second-order valence-electron chi connectivity index (χ2n) is 7.18. The van der Waals surface area contributed by atoms with Gasteiger partial charge in [0, 0.05) is 25.7 Å². The van der Waals surface area contributed by atoms with Gasteiger partial charge in [0.2, 0.25) is 5.91 Å². The molecule has 3 rings (SSSR count). The maximum Gasteiger partial charge on any atom is 0.239 e. The van der Waals surface area contributed by atoms with E-state index in [4.69, 9.17) is 0 Å². The molecular formula is C20H33Cl2N3O. The van der Waals surface area contributed by atoms with Gasteiger partial charge in [-0.25, -0.2) is 0 Å². The predicted octanol–water partition coefficient (Wildman–Crippen LogP) is 3.27. The Morgan fingerprint density at radius 1 is 1.23 bits per heavy atom. The first kappa shape index (κ1) is 23.2. The van der Waals surface area contributed by atoms with Gasteiger partial charge in [-0.3, -0.25) is 9.69 Å². The molecule has 0 saturated carbocycles. The molecule has 0 spiro atoms. The Kier molecular flexibility index (Phi) is 9.94. The first-order valence-corrected chi connectivity index (χ1v) is 9.52. The van der Waals surface area contributed by atoms with Crippen molar-refractivity contribution >= 4 is 30.7 Å². The number of halogens is 2. The average molecular weight is 402 g/mol. The van der Waals surface area contributed by atoms with Crippen molar-refractivity contribution in [2.75, 3.05) is 26.2 Å². The van der Waals surface area contributed by atoms with Crippen LogP contribution in [0.15, 0.2) is 24.3 Å². The first-order chi connectivity index (χ1) is 11.7. The number of hydrogen-bond donors (Lipinski definition) is 1. The Labute approximate surface area is 170 Å². The van der Waals surface area contributed by atoms with Crippen molar-refractivity contribution in [2.24, 2.45) is 0 Å². The summed E-state index contributed by atoms with van der Waals surface area (Å²) in [6.07, 6.45) is 4.25. The van der Waals surface area contributed by atoms with Gasteiger partial charge in [-0.05, 0) is 56.8 Å². The molecule has 2 aliphatic heterocycles. The molecule has 1 atom stereocenters. The molecule has 0 aliphatic carbocycles. The largest absolute Gasteiger partial charge is 0.338 e. The van der Waals surface area contributed by atoms with Crippen molar-refractivity contribution in [3.8, 4) is 0 Å². The minimum absolute atomic E-state index is 0. The summed E-state index contributed by atoms with van der Waals surface area (Å²) in [7, 11) is 0. The van der Waals surface area contributed by atoms with E-state index in [9.17, 15) is 4.79 Å². The highest BCUT2D eigenvalue weighted by molar-refractivity contribution is 5.85. The van der Waals surface area contributed by atoms with E-state index in [1.807, 2.05) is 0 Å². The Hall–Kier alpha value is -0.810. The van der Waals surface area contributed by atoms with E-state index in [0.29, 0.717) is 11.9 Å². The predicted molar refractivity (Wildman–Crippen MR) is 112 cm³/mol. The van der Waals surface area contributed by atoms with Gasteiger partial charge in [-0.1, -0.05) is 31.2 Å². The second kappa shape index (κ2) is 11.1. The van der Waals surface area contributed by atoms with Crippen LogP contribution in [0.2, 0.25) is 0 Å². The van der Waals surface area contributed by atoms with E-state index in [1.54, 1.807) is 0 Å². The zero-order valence-electron chi connectivity index (χ0n) is 15.9. The smallest absolute Gasteiger partial charge is 0.239 e. The molecule has 2 aliphatic rings. The molecule has 2 heterocycles. The van der Waals surface area contributed by atoms with Gasteiger partial charge in [0.05, 0.1) is 6.04 Å². The van der Waals surface area contributed by atoms with Crippen LogP contribution >= 0.6 is 24.8 Å². The number of carbonyl (C=O) groups excluding carboxylic acids is 1. The fraction of sp³-hybridized carbons (Fsp3) is 0.650. The molecule has 0 radical (unpaired) electrons. The van der Waals surface area contributed by atoms with E-state index >= 15 is 0 Å². The SMILES string of the molecule is CCCN(C(=O)C(C)N1CCc2ccccc2C1)C1CCNCC1.Cl.Cl. The van der Waals surface area contributed by atoms with E-state index in [2.05, 4.69) is 53.2 Å². The summed E-state index contributed by atoms with van der Waals surface area (Å²) >= 11 is 0. The van der Waals surface area contributed by atoms with Gasteiger partial charge in [0.1, 0.15) is 0 Å². The summed E-state index contributed by atoms with van der Waals surface area (Å²) in [6.45, 7) is 9.10. The lowest BCUT2D eigenvalue weighted by Crippen LogP contribution is -2.53. The summed E-state index contributed by atoms with van der Waals surface area (Å²) in [5.74, 6) is 0.322. The van der Waals surface area contributed by atoms with Gasteiger partial charge in [0.25, 0.3) is 0 Å². The normalized spacial score (nSPS) is 18.8. The van der Waals surface area contributed by atoms with Gasteiger partial charge < -0.3 is 10.2 Å². The third-order valence-corrected chi connectivity index (χ3v) is 5.56. The molecule has 1 fully saturated rings. The van der Waals surface area contributed by atoms with Crippen LogP contribution in [0.3, 0.4) is 0 Å². The van der Waals surface area contributed by atoms with Crippen LogP contribution in [0.25, 0.3) is 0 Å². The highest BCUT2D eigenvalue weighted by Gasteiger charge is 2.32. The number of nitrogens with one attached hydrogen (secondary N) is 1. The van der Waals surface area contributed by atoms with E-state index in [0.717, 1.165) is 58.4 Å². The van der Waals surface area contributed by atoms with Crippen LogP contribution in [0.4, 0.5) is 0 Å². The number of fused-ring (bicyclic) bond motifs is 1. The average Bonchev–Trinajstić information content (AvgIpc) is 2.65. The molecule has 6 heteroatoms. The van der Waals surface area contributed by atoms with E-state index in [-0.39, 0.29) is 30.9 Å². The van der Waals surface area contributed by atoms with Gasteiger partial charge in [-0.2, -0.15) is 0 Å². The summed E-state index contributed by atoms with van der Waals surface area (Å²) < 4.78 is 0. The summed E-state index contributed by atoms with van der Waals surface area (Å²) in [6, 6.07) is 9.03. The standard InChI is InChI=1S/C20H31N3O.2ClH/c1-3-13-23(19-8-11-21-12-9-19)20(24)16(2)22-14-10-17-6-4-5-7-18(17)15-22;;/h4-7,16,19,21H,3,8-15H2,1-2H3;2*1H. The molecule has 4 nitrogen and oxygen atoms in total. The summed E-state index contributed by atoms with van der Waals surface area (Å²) in [5, 5.41) is 3.41. The van der Waals surface area contributed by atoms with Crippen LogP contribution < -0.4 is 5.32 Å². The zero-order valence-corrected chi connectivity index (χ0v) is 17.6. The molecule has 148 valence electrons. The van der Waals surface area contributed by atoms with Crippen molar-refractivity contribution in [3.63, 3.8) is 0 Å². The Morgan fingerprint density at radius 3 is 2.54 bits per heavy atom. The Bertz CT molecular complexity index is 564. The van der Waals surface area contributed by atoms with Crippen LogP contribution in [0.5, 0.6) is 0 Å². The van der Waals surface area contributed by atoms with E-state index < -0.39 is 0 Å². The fourth-order valence-corrected chi connectivity index (χ4v) is 4.08. The van der Waals surface area contributed by atoms with Crippen molar-refractivity contribution in [1.29, 1.82) is 0 Å². The Balaban J connectivity index is 0.00000169. The maximum atomic E-state index is 13.2. The topological polar surface area (TPSA) is 35.6 Å². The van der Waals surface area contributed by atoms with Crippen LogP contribution in [0.1, 0.15) is 44.2 Å². The minimum atomic E-state index is -0.0280. The van der Waals surface area contributed by atoms with Gasteiger partial charge >= 0.3 is 0 Å². The second-order valence-corrected chi connectivity index (χ2v) is 7.18. The third-order valence-electron chi connectivity index (χ3n) is 5.56.